The Kier molecular flexibility index (Phi) is 10.7. The van der Waals surface area contributed by atoms with Crippen LogP contribution in [0.2, 0.25) is 0 Å². The molecule has 1 aromatic heterocycles. The highest BCUT2D eigenvalue weighted by molar-refractivity contribution is 8.07. The molecule has 0 unspecified atom stereocenters. The number of carbonyl (C=O) groups is 2. The molecule has 0 spiro atoms. The molecule has 0 atom stereocenters. The Morgan fingerprint density at radius 1 is 1.15 bits per heavy atom. The number of hydrogen-bond acceptors (Lipinski definition) is 8. The lowest BCUT2D eigenvalue weighted by Gasteiger charge is -2.12. The molecular formula is C17H20N2O5S2. The topological polar surface area (TPSA) is 78.0 Å². The highest BCUT2D eigenvalue weighted by Crippen LogP contribution is 2.13. The molecule has 1 aliphatic heterocycles. The maximum atomic E-state index is 11.4. The number of hydrogen-bond donors (Lipinski definition) is 0. The number of aromatic nitrogens is 1. The molecule has 0 N–H and O–H groups in total. The predicted molar refractivity (Wildman–Crippen MR) is 98.8 cm³/mol. The van der Waals surface area contributed by atoms with Crippen LogP contribution in [-0.4, -0.2) is 41.4 Å². The first-order valence-corrected chi connectivity index (χ1v) is 9.32. The Morgan fingerprint density at radius 3 is 2.27 bits per heavy atom. The summed E-state index contributed by atoms with van der Waals surface area (Å²) in [5, 5.41) is 0.822. The average molecular weight is 396 g/mol. The van der Waals surface area contributed by atoms with E-state index in [-0.39, 0.29) is 31.3 Å². The molecule has 0 saturated carbocycles. The number of amides is 2. The first-order valence-electron chi connectivity index (χ1n) is 7.99. The third-order valence-corrected chi connectivity index (χ3v) is 3.14. The van der Waals surface area contributed by atoms with Crippen LogP contribution in [0, 0.1) is 11.8 Å². The molecule has 2 amide bonds. The quantitative estimate of drug-likeness (QED) is 0.389. The van der Waals surface area contributed by atoms with Crippen molar-refractivity contribution in [2.75, 3.05) is 13.2 Å². The number of hydroxylamine groups is 2. The van der Waals surface area contributed by atoms with E-state index in [1.54, 1.807) is 18.3 Å². The minimum absolute atomic E-state index is 0.0959. The van der Waals surface area contributed by atoms with Gasteiger partial charge in [0, 0.05) is 54.6 Å². The van der Waals surface area contributed by atoms with Gasteiger partial charge in [-0.05, 0) is 37.3 Å². The summed E-state index contributed by atoms with van der Waals surface area (Å²) in [6, 6.07) is 3.51. The van der Waals surface area contributed by atoms with Crippen molar-refractivity contribution in [3.05, 3.63) is 29.6 Å². The van der Waals surface area contributed by atoms with Gasteiger partial charge < -0.3 is 9.47 Å². The highest BCUT2D eigenvalue weighted by atomic mass is 32.8. The zero-order valence-electron chi connectivity index (χ0n) is 14.6. The molecule has 1 aliphatic rings. The van der Waals surface area contributed by atoms with Crippen LogP contribution in [0.4, 0.5) is 0 Å². The number of rotatable bonds is 7. The lowest BCUT2D eigenvalue weighted by atomic mass is 10.2. The summed E-state index contributed by atoms with van der Waals surface area (Å²) >= 11 is 7.33. The molecule has 2 heterocycles. The van der Waals surface area contributed by atoms with Crippen LogP contribution >= 0.6 is 0 Å². The lowest BCUT2D eigenvalue weighted by Crippen LogP contribution is -2.29. The maximum absolute atomic E-state index is 11.4. The Balaban J connectivity index is 0.00000163. The summed E-state index contributed by atoms with van der Waals surface area (Å²) in [5.74, 6) is 5.12. The van der Waals surface area contributed by atoms with Crippen LogP contribution < -0.4 is 0 Å². The second-order valence-electron chi connectivity index (χ2n) is 4.92. The van der Waals surface area contributed by atoms with E-state index in [1.165, 1.54) is 0 Å². The van der Waals surface area contributed by atoms with Crippen molar-refractivity contribution < 1.29 is 23.9 Å². The van der Waals surface area contributed by atoms with Gasteiger partial charge in [0.2, 0.25) is 6.29 Å². The zero-order valence-corrected chi connectivity index (χ0v) is 16.2. The second-order valence-corrected chi connectivity index (χ2v) is 4.92. The largest absolute Gasteiger partial charge is 0.342 e. The van der Waals surface area contributed by atoms with Crippen molar-refractivity contribution in [2.45, 2.75) is 39.6 Å². The summed E-state index contributed by atoms with van der Waals surface area (Å²) in [6.07, 6.45) is 1.42. The third kappa shape index (κ3) is 7.19. The molecule has 26 heavy (non-hydrogen) atoms. The van der Waals surface area contributed by atoms with E-state index >= 15 is 0 Å². The molecule has 2 rings (SSSR count). The van der Waals surface area contributed by atoms with Crippen LogP contribution in [0.25, 0.3) is 0 Å². The van der Waals surface area contributed by atoms with Gasteiger partial charge in [0.15, 0.2) is 0 Å². The fourth-order valence-electron chi connectivity index (χ4n) is 1.99. The smallest absolute Gasteiger partial charge is 0.254 e. The highest BCUT2D eigenvalue weighted by Gasteiger charge is 2.30. The molecule has 0 radical (unpaired) electrons. The van der Waals surface area contributed by atoms with Crippen molar-refractivity contribution in [2.24, 2.45) is 0 Å². The fourth-order valence-corrected chi connectivity index (χ4v) is 1.99. The lowest BCUT2D eigenvalue weighted by molar-refractivity contribution is -0.191. The molecule has 9 heteroatoms. The molecule has 1 aromatic rings. The first kappa shape index (κ1) is 22.2. The number of pyridine rings is 1. The van der Waals surface area contributed by atoms with Crippen LogP contribution in [-0.2, 0) is 52.9 Å². The van der Waals surface area contributed by atoms with Crippen molar-refractivity contribution in [3.8, 4) is 11.8 Å². The summed E-state index contributed by atoms with van der Waals surface area (Å²) < 4.78 is 10.7. The average Bonchev–Trinajstić information content (AvgIpc) is 2.99. The Morgan fingerprint density at radius 2 is 1.77 bits per heavy atom. The fraction of sp³-hybridized carbons (Fsp3) is 0.471. The molecule has 0 bridgehead atoms. The van der Waals surface area contributed by atoms with E-state index in [0.717, 1.165) is 10.6 Å². The first-order chi connectivity index (χ1) is 12.6. The minimum atomic E-state index is -0.572. The van der Waals surface area contributed by atoms with Crippen molar-refractivity contribution in [1.82, 2.24) is 10.0 Å². The van der Waals surface area contributed by atoms with Crippen LogP contribution in [0.1, 0.15) is 37.9 Å². The zero-order chi connectivity index (χ0) is 19.4. The Labute approximate surface area is 162 Å². The van der Waals surface area contributed by atoms with E-state index in [2.05, 4.69) is 39.2 Å². The predicted octanol–water partition coefficient (Wildman–Crippen LogP) is 1.41. The van der Waals surface area contributed by atoms with Crippen molar-refractivity contribution in [3.63, 3.8) is 0 Å². The van der Waals surface area contributed by atoms with E-state index in [4.69, 9.17) is 14.3 Å². The number of imide groups is 1. The van der Waals surface area contributed by atoms with Gasteiger partial charge in [0.05, 0.1) is 0 Å². The van der Waals surface area contributed by atoms with Crippen LogP contribution in [0.5, 0.6) is 0 Å². The standard InChI is InChI=1S/C17H20N2O5.S2/c1-3-22-17(23-4-2)10-7-14-6-5-13(11-18-14)12-24-19-15(20)8-9-16(19)21;1-2/h5-6,11,17H,3-4,8-9,12H2,1-2H3;. The molecular weight excluding hydrogens is 376 g/mol. The molecule has 0 aliphatic carbocycles. The second kappa shape index (κ2) is 12.5. The van der Waals surface area contributed by atoms with Gasteiger partial charge in [-0.25, -0.2) is 4.98 Å². The summed E-state index contributed by atoms with van der Waals surface area (Å²) in [4.78, 5) is 32.3. The summed E-state index contributed by atoms with van der Waals surface area (Å²) in [5.41, 5.74) is 1.30. The van der Waals surface area contributed by atoms with Crippen molar-refractivity contribution >= 4 is 34.2 Å². The molecule has 7 nitrogen and oxygen atoms in total. The van der Waals surface area contributed by atoms with Gasteiger partial charge in [-0.15, -0.1) is 0 Å². The van der Waals surface area contributed by atoms with Crippen molar-refractivity contribution in [1.29, 1.82) is 0 Å². The third-order valence-electron chi connectivity index (χ3n) is 3.14. The van der Waals surface area contributed by atoms with Crippen LogP contribution in [0.3, 0.4) is 0 Å². The van der Waals surface area contributed by atoms with Gasteiger partial charge >= 0.3 is 0 Å². The van der Waals surface area contributed by atoms with Gasteiger partial charge in [-0.1, -0.05) is 6.07 Å². The normalized spacial score (nSPS) is 13.3. The molecule has 1 saturated heterocycles. The Hall–Kier alpha value is -1.83. The summed E-state index contributed by atoms with van der Waals surface area (Å²) in [7, 11) is 0. The van der Waals surface area contributed by atoms with E-state index in [0.29, 0.717) is 18.9 Å². The molecule has 1 fully saturated rings. The monoisotopic (exact) mass is 396 g/mol. The number of nitrogens with zero attached hydrogens (tertiary/aromatic N) is 2. The van der Waals surface area contributed by atoms with E-state index in [1.807, 2.05) is 13.8 Å². The maximum Gasteiger partial charge on any atom is 0.254 e. The SMILES string of the molecule is CCOC(C#Cc1ccc(CON2C(=O)CCC2=O)cn1)OCC.S=S. The number of carbonyl (C=O) groups excluding carboxylic acids is 2. The van der Waals surface area contributed by atoms with Gasteiger partial charge in [-0.2, -0.15) is 5.06 Å². The molecule has 0 aromatic carbocycles. The van der Waals surface area contributed by atoms with Crippen LogP contribution in [0.15, 0.2) is 18.3 Å². The van der Waals surface area contributed by atoms with Gasteiger partial charge in [0.1, 0.15) is 12.3 Å². The summed E-state index contributed by atoms with van der Waals surface area (Å²) in [6.45, 7) is 4.86. The Bertz CT molecular complexity index is 635. The van der Waals surface area contributed by atoms with Gasteiger partial charge in [-0.3, -0.25) is 14.4 Å². The van der Waals surface area contributed by atoms with E-state index < -0.39 is 6.29 Å². The number of ether oxygens (including phenoxy) is 2. The molecule has 140 valence electrons. The van der Waals surface area contributed by atoms with E-state index in [9.17, 15) is 9.59 Å². The minimum Gasteiger partial charge on any atom is -0.342 e. The van der Waals surface area contributed by atoms with Gasteiger partial charge in [0.25, 0.3) is 11.8 Å².